The van der Waals surface area contributed by atoms with Crippen molar-refractivity contribution >= 4 is 40.6 Å². The summed E-state index contributed by atoms with van der Waals surface area (Å²) < 4.78 is 0. The third-order valence-corrected chi connectivity index (χ3v) is 7.06. The average Bonchev–Trinajstić information content (AvgIpc) is 3.27. The summed E-state index contributed by atoms with van der Waals surface area (Å²) in [5, 5.41) is 16.1. The largest absolute Gasteiger partial charge is 0.335 e. The molecule has 1 aliphatic heterocycles. The van der Waals surface area contributed by atoms with Gasteiger partial charge >= 0.3 is 6.03 Å². The zero-order chi connectivity index (χ0) is 20.9. The van der Waals surface area contributed by atoms with Crippen molar-refractivity contribution in [1.29, 1.82) is 0 Å². The molecule has 2 heterocycles. The molecular weight excluding hydrogens is 422 g/mol. The van der Waals surface area contributed by atoms with E-state index < -0.39 is 0 Å². The molecule has 0 radical (unpaired) electrons. The molecule has 1 aliphatic carbocycles. The molecule has 0 spiro atoms. The molecule has 1 unspecified atom stereocenters. The van der Waals surface area contributed by atoms with E-state index in [0.717, 1.165) is 37.2 Å². The summed E-state index contributed by atoms with van der Waals surface area (Å²) in [6, 6.07) is 7.25. The molecule has 7 nitrogen and oxygen atoms in total. The monoisotopic (exact) mass is 447 g/mol. The van der Waals surface area contributed by atoms with Gasteiger partial charge in [0.1, 0.15) is 5.01 Å². The van der Waals surface area contributed by atoms with Gasteiger partial charge in [0.15, 0.2) is 0 Å². The Morgan fingerprint density at radius 3 is 2.57 bits per heavy atom. The van der Waals surface area contributed by atoms with Gasteiger partial charge in [-0.05, 0) is 49.9 Å². The molecule has 4 rings (SSSR count). The normalized spacial score (nSPS) is 20.0. The lowest BCUT2D eigenvalue weighted by Crippen LogP contribution is -2.48. The molecule has 1 saturated heterocycles. The van der Waals surface area contributed by atoms with Crippen molar-refractivity contribution < 1.29 is 9.59 Å². The number of hydrogen-bond acceptors (Lipinski definition) is 5. The Kier molecular flexibility index (Phi) is 6.84. The van der Waals surface area contributed by atoms with E-state index in [2.05, 4.69) is 20.8 Å². The molecule has 1 aromatic carbocycles. The molecule has 30 heavy (non-hydrogen) atoms. The molecular formula is C21H26ClN5O2S. The lowest BCUT2D eigenvalue weighted by molar-refractivity contribution is 0.102. The summed E-state index contributed by atoms with van der Waals surface area (Å²) >= 11 is 7.18. The van der Waals surface area contributed by atoms with E-state index in [1.54, 1.807) is 24.3 Å². The van der Waals surface area contributed by atoms with E-state index >= 15 is 0 Å². The molecule has 9 heteroatoms. The van der Waals surface area contributed by atoms with Crippen LogP contribution in [0, 0.1) is 0 Å². The summed E-state index contributed by atoms with van der Waals surface area (Å²) in [6.45, 7) is 1.38. The molecule has 3 amide bonds. The summed E-state index contributed by atoms with van der Waals surface area (Å²) in [5.41, 5.74) is 0.657. The van der Waals surface area contributed by atoms with Crippen LogP contribution in [0.2, 0.25) is 5.02 Å². The second-order valence-electron chi connectivity index (χ2n) is 7.98. The quantitative estimate of drug-likeness (QED) is 0.713. The number of piperidine rings is 1. The molecule has 2 fully saturated rings. The zero-order valence-corrected chi connectivity index (χ0v) is 18.3. The third-order valence-electron chi connectivity index (χ3n) is 5.73. The van der Waals surface area contributed by atoms with Gasteiger partial charge in [-0.3, -0.25) is 4.79 Å². The molecule has 0 bridgehead atoms. The SMILES string of the molecule is O=C(Nc1ccc(Cl)cc1)c1nnc(C2CCCN(C(=O)NC3CCCCC3)C2)s1. The predicted molar refractivity (Wildman–Crippen MR) is 118 cm³/mol. The fourth-order valence-corrected chi connectivity index (χ4v) is 5.08. The van der Waals surface area contributed by atoms with Crippen LogP contribution in [0.3, 0.4) is 0 Å². The minimum absolute atomic E-state index is 0.0248. The van der Waals surface area contributed by atoms with Crippen LogP contribution in [0.4, 0.5) is 10.5 Å². The number of urea groups is 1. The minimum atomic E-state index is -0.288. The maximum absolute atomic E-state index is 12.7. The fraction of sp³-hybridized carbons (Fsp3) is 0.524. The van der Waals surface area contributed by atoms with Crippen molar-refractivity contribution in [2.45, 2.75) is 56.9 Å². The number of likely N-dealkylation sites (tertiary alicyclic amines) is 1. The standard InChI is InChI=1S/C21H26ClN5O2S/c22-15-8-10-17(11-9-15)23-18(28)20-26-25-19(30-20)14-5-4-12-27(13-14)21(29)24-16-6-2-1-3-7-16/h8-11,14,16H,1-7,12-13H2,(H,23,28)(H,24,29). The zero-order valence-electron chi connectivity index (χ0n) is 16.8. The van der Waals surface area contributed by atoms with E-state index in [-0.39, 0.29) is 17.9 Å². The van der Waals surface area contributed by atoms with Crippen LogP contribution in [-0.2, 0) is 0 Å². The van der Waals surface area contributed by atoms with Crippen LogP contribution in [0.15, 0.2) is 24.3 Å². The summed E-state index contributed by atoms with van der Waals surface area (Å²) in [6.07, 6.45) is 7.67. The first-order valence-corrected chi connectivity index (χ1v) is 11.7. The third kappa shape index (κ3) is 5.29. The first kappa shape index (κ1) is 21.1. The van der Waals surface area contributed by atoms with E-state index in [0.29, 0.717) is 28.3 Å². The number of hydrogen-bond donors (Lipinski definition) is 2. The Morgan fingerprint density at radius 2 is 1.80 bits per heavy atom. The molecule has 2 aromatic rings. The number of nitrogens with one attached hydrogen (secondary N) is 2. The van der Waals surface area contributed by atoms with Crippen LogP contribution in [0.1, 0.15) is 65.7 Å². The Labute approximate surface area is 185 Å². The number of carbonyl (C=O) groups excluding carboxylic acids is 2. The van der Waals surface area contributed by atoms with Gasteiger partial charge in [-0.15, -0.1) is 10.2 Å². The van der Waals surface area contributed by atoms with E-state index in [1.165, 1.54) is 30.6 Å². The van der Waals surface area contributed by atoms with Crippen molar-refractivity contribution in [2.75, 3.05) is 18.4 Å². The van der Waals surface area contributed by atoms with Crippen molar-refractivity contribution in [1.82, 2.24) is 20.4 Å². The highest BCUT2D eigenvalue weighted by Crippen LogP contribution is 2.30. The van der Waals surface area contributed by atoms with Crippen molar-refractivity contribution in [3.05, 3.63) is 39.3 Å². The van der Waals surface area contributed by atoms with Crippen molar-refractivity contribution in [3.8, 4) is 0 Å². The number of carbonyl (C=O) groups is 2. The lowest BCUT2D eigenvalue weighted by Gasteiger charge is -2.33. The van der Waals surface area contributed by atoms with Crippen LogP contribution in [-0.4, -0.2) is 46.2 Å². The summed E-state index contributed by atoms with van der Waals surface area (Å²) in [7, 11) is 0. The van der Waals surface area contributed by atoms with Gasteiger partial charge in [0.05, 0.1) is 0 Å². The van der Waals surface area contributed by atoms with E-state index in [4.69, 9.17) is 11.6 Å². The summed E-state index contributed by atoms with van der Waals surface area (Å²) in [4.78, 5) is 27.1. The minimum Gasteiger partial charge on any atom is -0.335 e. The molecule has 2 N–H and O–H groups in total. The van der Waals surface area contributed by atoms with Gasteiger partial charge in [-0.25, -0.2) is 4.79 Å². The summed E-state index contributed by atoms with van der Waals surface area (Å²) in [5.74, 6) is -0.172. The number of benzene rings is 1. The number of nitrogens with zero attached hydrogens (tertiary/aromatic N) is 3. The maximum atomic E-state index is 12.7. The highest BCUT2D eigenvalue weighted by Gasteiger charge is 2.29. The average molecular weight is 448 g/mol. The van der Waals surface area contributed by atoms with Crippen LogP contribution in [0.25, 0.3) is 0 Å². The highest BCUT2D eigenvalue weighted by molar-refractivity contribution is 7.13. The van der Waals surface area contributed by atoms with Crippen molar-refractivity contribution in [2.24, 2.45) is 0 Å². The van der Waals surface area contributed by atoms with Gasteiger partial charge in [-0.2, -0.15) is 0 Å². The van der Waals surface area contributed by atoms with Gasteiger partial charge in [0.25, 0.3) is 5.91 Å². The Hall–Kier alpha value is -2.19. The van der Waals surface area contributed by atoms with E-state index in [9.17, 15) is 9.59 Å². The number of anilines is 1. The highest BCUT2D eigenvalue weighted by atomic mass is 35.5. The number of aromatic nitrogens is 2. The van der Waals surface area contributed by atoms with Gasteiger partial charge in [0, 0.05) is 35.8 Å². The second-order valence-corrected chi connectivity index (χ2v) is 9.42. The Balaban J connectivity index is 1.34. The molecule has 1 atom stereocenters. The van der Waals surface area contributed by atoms with E-state index in [1.807, 2.05) is 4.90 Å². The maximum Gasteiger partial charge on any atom is 0.317 e. The molecule has 1 aromatic heterocycles. The van der Waals surface area contributed by atoms with Crippen LogP contribution >= 0.6 is 22.9 Å². The first-order chi connectivity index (χ1) is 14.6. The molecule has 160 valence electrons. The number of halogens is 1. The van der Waals surface area contributed by atoms with Crippen LogP contribution in [0.5, 0.6) is 0 Å². The predicted octanol–water partition coefficient (Wildman–Crippen LogP) is 4.67. The van der Waals surface area contributed by atoms with Crippen LogP contribution < -0.4 is 10.6 Å². The number of rotatable bonds is 4. The topological polar surface area (TPSA) is 87.2 Å². The first-order valence-electron chi connectivity index (χ1n) is 10.5. The molecule has 1 saturated carbocycles. The number of amides is 3. The Bertz CT molecular complexity index is 882. The fourth-order valence-electron chi connectivity index (χ4n) is 4.09. The van der Waals surface area contributed by atoms with Gasteiger partial charge < -0.3 is 15.5 Å². The van der Waals surface area contributed by atoms with Gasteiger partial charge in [0.2, 0.25) is 5.01 Å². The second kappa shape index (κ2) is 9.75. The van der Waals surface area contributed by atoms with Crippen molar-refractivity contribution in [3.63, 3.8) is 0 Å². The lowest BCUT2D eigenvalue weighted by atomic mass is 9.95. The van der Waals surface area contributed by atoms with Gasteiger partial charge in [-0.1, -0.05) is 42.2 Å². The molecule has 2 aliphatic rings. The Morgan fingerprint density at radius 1 is 1.03 bits per heavy atom. The smallest absolute Gasteiger partial charge is 0.317 e.